The third kappa shape index (κ3) is 3.75. The fraction of sp³-hybridized carbons (Fsp3) is 0.462. The van der Waals surface area contributed by atoms with Crippen molar-refractivity contribution in [3.05, 3.63) is 29.3 Å². The molecule has 118 valence electrons. The lowest BCUT2D eigenvalue weighted by atomic mass is 10.1. The molecule has 4 nitrogen and oxygen atoms in total. The van der Waals surface area contributed by atoms with Crippen molar-refractivity contribution in [2.45, 2.75) is 36.6 Å². The molecule has 8 heteroatoms. The first-order valence-corrected chi connectivity index (χ1v) is 7.54. The summed E-state index contributed by atoms with van der Waals surface area (Å²) in [5.74, 6) is -0.740. The van der Waals surface area contributed by atoms with Gasteiger partial charge in [-0.2, -0.15) is 13.2 Å². The Morgan fingerprint density at radius 2 is 1.90 bits per heavy atom. The summed E-state index contributed by atoms with van der Waals surface area (Å²) in [5, 5.41) is -1.17. The maximum absolute atomic E-state index is 12.8. The maximum Gasteiger partial charge on any atom is 0.416 e. The van der Waals surface area contributed by atoms with Crippen LogP contribution < -0.4 is 0 Å². The third-order valence-corrected chi connectivity index (χ3v) is 5.39. The molecule has 21 heavy (non-hydrogen) atoms. The molecular weight excluding hydrogens is 309 g/mol. The van der Waals surface area contributed by atoms with Gasteiger partial charge >= 0.3 is 12.1 Å². The van der Waals surface area contributed by atoms with E-state index in [1.807, 2.05) is 0 Å². The van der Waals surface area contributed by atoms with E-state index < -0.39 is 44.1 Å². The van der Waals surface area contributed by atoms with Gasteiger partial charge < -0.3 is 4.74 Å². The topological polar surface area (TPSA) is 60.4 Å². The fourth-order valence-corrected chi connectivity index (χ4v) is 3.47. The molecule has 1 unspecified atom stereocenters. The Kier molecular flexibility index (Phi) is 5.03. The van der Waals surface area contributed by atoms with Crippen LogP contribution in [0.4, 0.5) is 13.2 Å². The molecule has 0 aliphatic heterocycles. The molecule has 0 amide bonds. The number of hydrogen-bond acceptors (Lipinski definition) is 4. The van der Waals surface area contributed by atoms with Crippen molar-refractivity contribution < 1.29 is 31.1 Å². The number of sulfone groups is 1. The summed E-state index contributed by atoms with van der Waals surface area (Å²) >= 11 is 0. The minimum Gasteiger partial charge on any atom is -0.469 e. The Balaban J connectivity index is 3.30. The van der Waals surface area contributed by atoms with E-state index >= 15 is 0 Å². The molecule has 0 bridgehead atoms. The van der Waals surface area contributed by atoms with Crippen molar-refractivity contribution >= 4 is 15.8 Å². The summed E-state index contributed by atoms with van der Waals surface area (Å²) in [6.45, 7) is 2.35. The van der Waals surface area contributed by atoms with Crippen molar-refractivity contribution in [3.63, 3.8) is 0 Å². The SMILES string of the molecule is COC(=O)CC(C)S(=O)(=O)c1cccc(C(F)(F)F)c1C. The standard InChI is InChI=1S/C13H15F3O4S/c1-8(7-12(17)20-3)21(18,19)11-6-4-5-10(9(11)2)13(14,15)16/h4-6,8H,7H2,1-3H3. The van der Waals surface area contributed by atoms with Gasteiger partial charge in [-0.1, -0.05) is 6.07 Å². The van der Waals surface area contributed by atoms with E-state index in [0.717, 1.165) is 32.2 Å². The second-order valence-corrected chi connectivity index (χ2v) is 6.90. The van der Waals surface area contributed by atoms with Crippen LogP contribution in [0.2, 0.25) is 0 Å². The van der Waals surface area contributed by atoms with E-state index in [1.165, 1.54) is 6.92 Å². The Hall–Kier alpha value is -1.57. The second-order valence-electron chi connectivity index (χ2n) is 4.56. The smallest absolute Gasteiger partial charge is 0.416 e. The van der Waals surface area contributed by atoms with Gasteiger partial charge in [0.2, 0.25) is 0 Å². The molecule has 0 radical (unpaired) electrons. The molecule has 1 atom stereocenters. The number of alkyl halides is 3. The lowest BCUT2D eigenvalue weighted by molar-refractivity contribution is -0.140. The van der Waals surface area contributed by atoms with Crippen LogP contribution in [0.1, 0.15) is 24.5 Å². The molecule has 0 aromatic heterocycles. The van der Waals surface area contributed by atoms with Crippen LogP contribution in [0.5, 0.6) is 0 Å². The van der Waals surface area contributed by atoms with Crippen molar-refractivity contribution in [2.24, 2.45) is 0 Å². The summed E-state index contributed by atoms with van der Waals surface area (Å²) in [6.07, 6.45) is -5.06. The number of rotatable bonds is 4. The van der Waals surface area contributed by atoms with Gasteiger partial charge in [-0.25, -0.2) is 8.42 Å². The van der Waals surface area contributed by atoms with Crippen LogP contribution in [0.15, 0.2) is 23.1 Å². The minimum absolute atomic E-state index is 0.373. The molecule has 0 heterocycles. The van der Waals surface area contributed by atoms with Gasteiger partial charge in [0.1, 0.15) is 0 Å². The maximum atomic E-state index is 12.8. The van der Waals surface area contributed by atoms with Crippen molar-refractivity contribution in [2.75, 3.05) is 7.11 Å². The van der Waals surface area contributed by atoms with Crippen molar-refractivity contribution in [3.8, 4) is 0 Å². The van der Waals surface area contributed by atoms with E-state index in [0.29, 0.717) is 0 Å². The number of hydrogen-bond donors (Lipinski definition) is 0. The van der Waals surface area contributed by atoms with Crippen LogP contribution in [-0.2, 0) is 25.5 Å². The summed E-state index contributed by atoms with van der Waals surface area (Å²) in [4.78, 5) is 10.7. The number of ether oxygens (including phenoxy) is 1. The van der Waals surface area contributed by atoms with Crippen molar-refractivity contribution in [1.82, 2.24) is 0 Å². The summed E-state index contributed by atoms with van der Waals surface area (Å²) in [5.41, 5.74) is -1.38. The van der Waals surface area contributed by atoms with E-state index in [9.17, 15) is 26.4 Å². The van der Waals surface area contributed by atoms with Crippen LogP contribution in [0, 0.1) is 6.92 Å². The lowest BCUT2D eigenvalue weighted by Crippen LogP contribution is -2.23. The fourth-order valence-electron chi connectivity index (χ4n) is 1.87. The summed E-state index contributed by atoms with van der Waals surface area (Å²) in [7, 11) is -2.95. The molecule has 1 aromatic carbocycles. The quantitative estimate of drug-likeness (QED) is 0.799. The first-order chi connectivity index (χ1) is 9.51. The molecule has 0 spiro atoms. The van der Waals surface area contributed by atoms with Gasteiger partial charge in [-0.05, 0) is 31.5 Å². The number of methoxy groups -OCH3 is 1. The number of halogens is 3. The zero-order chi connectivity index (χ0) is 16.4. The highest BCUT2D eigenvalue weighted by Crippen LogP contribution is 2.35. The first-order valence-electron chi connectivity index (χ1n) is 5.99. The molecule has 0 saturated carbocycles. The molecule has 0 aliphatic rings. The van der Waals surface area contributed by atoms with Gasteiger partial charge in [0.05, 0.1) is 29.2 Å². The van der Waals surface area contributed by atoms with Crippen LogP contribution in [-0.4, -0.2) is 26.7 Å². The van der Waals surface area contributed by atoms with Crippen LogP contribution in [0.25, 0.3) is 0 Å². The zero-order valence-corrected chi connectivity index (χ0v) is 12.5. The summed E-state index contributed by atoms with van der Waals surface area (Å²) in [6, 6.07) is 2.96. The Bertz CT molecular complexity index is 635. The monoisotopic (exact) mass is 324 g/mol. The highest BCUT2D eigenvalue weighted by atomic mass is 32.2. The molecule has 0 N–H and O–H groups in total. The molecule has 0 aliphatic carbocycles. The largest absolute Gasteiger partial charge is 0.469 e. The third-order valence-electron chi connectivity index (χ3n) is 3.11. The minimum atomic E-state index is -4.64. The van der Waals surface area contributed by atoms with Gasteiger partial charge in [-0.3, -0.25) is 4.79 Å². The predicted octanol–water partition coefficient (Wildman–Crippen LogP) is 2.74. The van der Waals surface area contributed by atoms with E-state index in [4.69, 9.17) is 0 Å². The Morgan fingerprint density at radius 1 is 1.33 bits per heavy atom. The average Bonchev–Trinajstić information content (AvgIpc) is 2.36. The normalized spacial score (nSPS) is 13.8. The molecule has 0 fully saturated rings. The number of esters is 1. The second kappa shape index (κ2) is 6.05. The predicted molar refractivity (Wildman–Crippen MR) is 69.5 cm³/mol. The highest BCUT2D eigenvalue weighted by molar-refractivity contribution is 7.92. The Labute approximate surface area is 120 Å². The lowest BCUT2D eigenvalue weighted by Gasteiger charge is -2.17. The van der Waals surface area contributed by atoms with Gasteiger partial charge in [0.25, 0.3) is 0 Å². The van der Waals surface area contributed by atoms with Crippen LogP contribution in [0.3, 0.4) is 0 Å². The summed E-state index contributed by atoms with van der Waals surface area (Å²) < 4.78 is 67.4. The average molecular weight is 324 g/mol. The molecule has 1 rings (SSSR count). The van der Waals surface area contributed by atoms with E-state index in [-0.39, 0.29) is 5.56 Å². The first kappa shape index (κ1) is 17.5. The van der Waals surface area contributed by atoms with E-state index in [2.05, 4.69) is 4.74 Å². The molecule has 1 aromatic rings. The van der Waals surface area contributed by atoms with Gasteiger partial charge in [0.15, 0.2) is 9.84 Å². The highest BCUT2D eigenvalue weighted by Gasteiger charge is 2.36. The van der Waals surface area contributed by atoms with Gasteiger partial charge in [0, 0.05) is 0 Å². The van der Waals surface area contributed by atoms with Gasteiger partial charge in [-0.15, -0.1) is 0 Å². The van der Waals surface area contributed by atoms with Crippen LogP contribution >= 0.6 is 0 Å². The molecular formula is C13H15F3O4S. The number of benzene rings is 1. The Morgan fingerprint density at radius 3 is 2.38 bits per heavy atom. The molecule has 0 saturated heterocycles. The number of carbonyl (C=O) groups excluding carboxylic acids is 1. The van der Waals surface area contributed by atoms with E-state index in [1.54, 1.807) is 0 Å². The zero-order valence-electron chi connectivity index (χ0n) is 11.7. The van der Waals surface area contributed by atoms with Crippen molar-refractivity contribution in [1.29, 1.82) is 0 Å². The number of carbonyl (C=O) groups is 1.